The molecule has 0 radical (unpaired) electrons. The molecule has 1 heterocycles. The molecule has 0 saturated carbocycles. The van der Waals surface area contributed by atoms with Crippen LogP contribution in [0, 0.1) is 0 Å². The van der Waals surface area contributed by atoms with Gasteiger partial charge in [0.15, 0.2) is 0 Å². The maximum Gasteiger partial charge on any atom is 0.328 e. The summed E-state index contributed by atoms with van der Waals surface area (Å²) in [5.41, 5.74) is 0.701. The van der Waals surface area contributed by atoms with Crippen molar-refractivity contribution in [2.45, 2.75) is 19.4 Å². The lowest BCUT2D eigenvalue weighted by atomic mass is 10.1. The standard InChI is InChI=1S/C14H20N2O5/c1-4-21-9-12(17)16-11(14(18)20-3)8-10-6-5-7-15-13(10)19-2/h5-7,11H,4,8-9H2,1-3H3,(H,16,17)/t11-/m1/s1. The summed E-state index contributed by atoms with van der Waals surface area (Å²) in [5, 5.41) is 2.58. The SMILES string of the molecule is CCOCC(=O)N[C@H](Cc1cccnc1OC)C(=O)OC. The van der Waals surface area contributed by atoms with E-state index in [0.717, 1.165) is 0 Å². The van der Waals surface area contributed by atoms with Gasteiger partial charge in [0.25, 0.3) is 0 Å². The number of hydrogen-bond acceptors (Lipinski definition) is 6. The summed E-state index contributed by atoms with van der Waals surface area (Å²) >= 11 is 0. The van der Waals surface area contributed by atoms with Crippen LogP contribution >= 0.6 is 0 Å². The van der Waals surface area contributed by atoms with Gasteiger partial charge in [-0.15, -0.1) is 0 Å². The molecule has 1 N–H and O–H groups in total. The first-order chi connectivity index (χ1) is 10.1. The number of hydrogen-bond donors (Lipinski definition) is 1. The third-order valence-corrected chi connectivity index (χ3v) is 2.73. The fraction of sp³-hybridized carbons (Fsp3) is 0.500. The lowest BCUT2D eigenvalue weighted by Gasteiger charge is -2.17. The van der Waals surface area contributed by atoms with Crippen LogP contribution in [0.3, 0.4) is 0 Å². The fourth-order valence-corrected chi connectivity index (χ4v) is 1.75. The Morgan fingerprint density at radius 2 is 2.14 bits per heavy atom. The second-order valence-corrected chi connectivity index (χ2v) is 4.16. The maximum absolute atomic E-state index is 11.8. The monoisotopic (exact) mass is 296 g/mol. The normalized spacial score (nSPS) is 11.6. The molecule has 1 atom stereocenters. The van der Waals surface area contributed by atoms with E-state index in [1.165, 1.54) is 14.2 Å². The first-order valence-electron chi connectivity index (χ1n) is 6.55. The highest BCUT2D eigenvalue weighted by Crippen LogP contribution is 2.16. The molecule has 1 rings (SSSR count). The van der Waals surface area contributed by atoms with Crippen LogP contribution in [0.25, 0.3) is 0 Å². The van der Waals surface area contributed by atoms with Gasteiger partial charge in [-0.2, -0.15) is 0 Å². The number of carbonyl (C=O) groups is 2. The third-order valence-electron chi connectivity index (χ3n) is 2.73. The number of carbonyl (C=O) groups excluding carboxylic acids is 2. The highest BCUT2D eigenvalue weighted by Gasteiger charge is 2.23. The Kier molecular flexibility index (Phi) is 7.17. The second-order valence-electron chi connectivity index (χ2n) is 4.16. The lowest BCUT2D eigenvalue weighted by molar-refractivity contribution is -0.145. The van der Waals surface area contributed by atoms with Gasteiger partial charge >= 0.3 is 5.97 Å². The predicted octanol–water partition coefficient (Wildman–Crippen LogP) is 0.327. The number of amides is 1. The fourth-order valence-electron chi connectivity index (χ4n) is 1.75. The lowest BCUT2D eigenvalue weighted by Crippen LogP contribution is -2.44. The second kappa shape index (κ2) is 8.91. The van der Waals surface area contributed by atoms with Gasteiger partial charge in [-0.25, -0.2) is 9.78 Å². The summed E-state index contributed by atoms with van der Waals surface area (Å²) in [5.74, 6) is -0.508. The van der Waals surface area contributed by atoms with E-state index in [9.17, 15) is 9.59 Å². The van der Waals surface area contributed by atoms with E-state index < -0.39 is 12.0 Å². The molecule has 0 aromatic carbocycles. The Balaban J connectivity index is 2.78. The van der Waals surface area contributed by atoms with E-state index in [-0.39, 0.29) is 18.9 Å². The number of esters is 1. The largest absolute Gasteiger partial charge is 0.481 e. The van der Waals surface area contributed by atoms with Crippen LogP contribution in [0.1, 0.15) is 12.5 Å². The Bertz CT molecular complexity index is 478. The zero-order chi connectivity index (χ0) is 15.7. The number of aromatic nitrogens is 1. The third kappa shape index (κ3) is 5.39. The number of pyridine rings is 1. The molecule has 116 valence electrons. The van der Waals surface area contributed by atoms with Crippen molar-refractivity contribution in [2.75, 3.05) is 27.4 Å². The van der Waals surface area contributed by atoms with Crippen LogP contribution in [-0.4, -0.2) is 50.3 Å². The van der Waals surface area contributed by atoms with E-state index in [1.807, 2.05) is 0 Å². The van der Waals surface area contributed by atoms with Gasteiger partial charge in [-0.05, 0) is 13.0 Å². The molecule has 0 spiro atoms. The van der Waals surface area contributed by atoms with E-state index >= 15 is 0 Å². The quantitative estimate of drug-likeness (QED) is 0.696. The number of ether oxygens (including phenoxy) is 3. The van der Waals surface area contributed by atoms with E-state index in [4.69, 9.17) is 14.2 Å². The molecule has 0 aliphatic carbocycles. The Hall–Kier alpha value is -2.15. The summed E-state index contributed by atoms with van der Waals surface area (Å²) in [6.07, 6.45) is 1.81. The molecule has 1 aromatic rings. The molecule has 0 aliphatic heterocycles. The molecule has 1 amide bonds. The maximum atomic E-state index is 11.8. The molecular formula is C14H20N2O5. The van der Waals surface area contributed by atoms with Gasteiger partial charge < -0.3 is 19.5 Å². The first-order valence-corrected chi connectivity index (χ1v) is 6.55. The van der Waals surface area contributed by atoms with Crippen LogP contribution in [0.4, 0.5) is 0 Å². The van der Waals surface area contributed by atoms with E-state index in [1.54, 1.807) is 25.3 Å². The van der Waals surface area contributed by atoms with Gasteiger partial charge in [0.2, 0.25) is 11.8 Å². The van der Waals surface area contributed by atoms with Gasteiger partial charge in [0.05, 0.1) is 14.2 Å². The molecule has 0 aliphatic rings. The Morgan fingerprint density at radius 3 is 2.76 bits per heavy atom. The zero-order valence-corrected chi connectivity index (χ0v) is 12.4. The van der Waals surface area contributed by atoms with Crippen LogP contribution in [0.2, 0.25) is 0 Å². The van der Waals surface area contributed by atoms with Crippen molar-refractivity contribution in [3.63, 3.8) is 0 Å². The number of nitrogens with zero attached hydrogens (tertiary/aromatic N) is 1. The molecule has 1 aromatic heterocycles. The van der Waals surface area contributed by atoms with Crippen molar-refractivity contribution >= 4 is 11.9 Å². The van der Waals surface area contributed by atoms with Gasteiger partial charge in [-0.3, -0.25) is 4.79 Å². The average Bonchev–Trinajstić information content (AvgIpc) is 2.51. The summed E-state index contributed by atoms with van der Waals surface area (Å²) in [4.78, 5) is 27.5. The van der Waals surface area contributed by atoms with E-state index in [2.05, 4.69) is 10.3 Å². The molecule has 0 bridgehead atoms. The highest BCUT2D eigenvalue weighted by molar-refractivity contribution is 5.85. The van der Waals surface area contributed by atoms with Crippen LogP contribution in [0.5, 0.6) is 5.88 Å². The van der Waals surface area contributed by atoms with E-state index in [0.29, 0.717) is 18.1 Å². The number of methoxy groups -OCH3 is 2. The Morgan fingerprint density at radius 1 is 1.38 bits per heavy atom. The van der Waals surface area contributed by atoms with Crippen LogP contribution in [0.15, 0.2) is 18.3 Å². The zero-order valence-electron chi connectivity index (χ0n) is 12.4. The minimum atomic E-state index is -0.818. The van der Waals surface area contributed by atoms with Gasteiger partial charge in [0.1, 0.15) is 12.6 Å². The molecule has 0 unspecified atom stereocenters. The molecule has 21 heavy (non-hydrogen) atoms. The molecule has 7 heteroatoms. The smallest absolute Gasteiger partial charge is 0.328 e. The summed E-state index contributed by atoms with van der Waals surface area (Å²) in [6, 6.07) is 2.69. The van der Waals surface area contributed by atoms with Gasteiger partial charge in [-0.1, -0.05) is 6.07 Å². The van der Waals surface area contributed by atoms with Crippen molar-refractivity contribution in [1.29, 1.82) is 0 Å². The van der Waals surface area contributed by atoms with Crippen LogP contribution in [-0.2, 0) is 25.5 Å². The number of rotatable bonds is 8. The minimum Gasteiger partial charge on any atom is -0.481 e. The minimum absolute atomic E-state index is 0.103. The van der Waals surface area contributed by atoms with Crippen LogP contribution < -0.4 is 10.1 Å². The molecular weight excluding hydrogens is 276 g/mol. The van der Waals surface area contributed by atoms with Crippen molar-refractivity contribution in [3.05, 3.63) is 23.9 Å². The number of nitrogens with one attached hydrogen (secondary N) is 1. The molecule has 0 fully saturated rings. The summed E-state index contributed by atoms with van der Waals surface area (Å²) < 4.78 is 14.8. The van der Waals surface area contributed by atoms with Crippen molar-refractivity contribution in [1.82, 2.24) is 10.3 Å². The first kappa shape index (κ1) is 16.9. The molecule has 7 nitrogen and oxygen atoms in total. The molecule has 0 saturated heterocycles. The average molecular weight is 296 g/mol. The highest BCUT2D eigenvalue weighted by atomic mass is 16.5. The van der Waals surface area contributed by atoms with Crippen molar-refractivity contribution in [2.24, 2.45) is 0 Å². The topological polar surface area (TPSA) is 86.8 Å². The summed E-state index contributed by atoms with van der Waals surface area (Å²) in [6.45, 7) is 2.10. The van der Waals surface area contributed by atoms with Crippen molar-refractivity contribution in [3.8, 4) is 5.88 Å². The predicted molar refractivity (Wildman–Crippen MR) is 74.9 cm³/mol. The summed E-state index contributed by atoms with van der Waals surface area (Å²) in [7, 11) is 2.76. The van der Waals surface area contributed by atoms with Crippen molar-refractivity contribution < 1.29 is 23.8 Å². The Labute approximate surface area is 123 Å². The van der Waals surface area contributed by atoms with Gasteiger partial charge in [0, 0.05) is 24.8 Å².